The molecule has 3 aromatic rings. The fourth-order valence-electron chi connectivity index (χ4n) is 2.85. The van der Waals surface area contributed by atoms with E-state index in [1.807, 2.05) is 48.5 Å². The molecule has 0 bridgehead atoms. The maximum absolute atomic E-state index is 6.02. The fraction of sp³-hybridized carbons (Fsp3) is 0.190. The Morgan fingerprint density at radius 3 is 2.77 bits per heavy atom. The van der Waals surface area contributed by atoms with Crippen LogP contribution in [0.25, 0.3) is 11.0 Å². The smallest absolute Gasteiger partial charge is 0.161 e. The molecule has 3 rings (SSSR count). The van der Waals surface area contributed by atoms with Crippen LogP contribution in [0.3, 0.4) is 0 Å². The monoisotopic (exact) mass is 412 g/mol. The molecule has 0 amide bonds. The van der Waals surface area contributed by atoms with Crippen molar-refractivity contribution in [2.75, 3.05) is 7.11 Å². The van der Waals surface area contributed by atoms with Crippen LogP contribution in [0.2, 0.25) is 0 Å². The van der Waals surface area contributed by atoms with Crippen LogP contribution in [0, 0.1) is 0 Å². The topological polar surface area (TPSA) is 36.3 Å². The van der Waals surface area contributed by atoms with Crippen LogP contribution in [0.1, 0.15) is 11.4 Å². The van der Waals surface area contributed by atoms with Crippen molar-refractivity contribution in [3.8, 4) is 11.5 Å². The number of halogens is 1. The van der Waals surface area contributed by atoms with Gasteiger partial charge in [0, 0.05) is 4.48 Å². The van der Waals surface area contributed by atoms with Gasteiger partial charge >= 0.3 is 0 Å². The Bertz CT molecular complexity index is 946. The minimum Gasteiger partial charge on any atom is -0.493 e. The SMILES string of the molecule is C=CCc1ccc(OCc2nc3ccccc3n2CC(=C)Br)c(OC)c1. The average Bonchev–Trinajstić information content (AvgIpc) is 2.98. The van der Waals surface area contributed by atoms with Gasteiger partial charge in [0.1, 0.15) is 12.4 Å². The summed E-state index contributed by atoms with van der Waals surface area (Å²) < 4.78 is 14.5. The van der Waals surface area contributed by atoms with Gasteiger partial charge in [-0.25, -0.2) is 4.98 Å². The first-order valence-electron chi connectivity index (χ1n) is 8.30. The lowest BCUT2D eigenvalue weighted by atomic mass is 10.1. The van der Waals surface area contributed by atoms with Gasteiger partial charge < -0.3 is 14.0 Å². The van der Waals surface area contributed by atoms with Gasteiger partial charge in [-0.05, 0) is 36.2 Å². The number of allylic oxidation sites excluding steroid dienone is 2. The van der Waals surface area contributed by atoms with Gasteiger partial charge in [-0.15, -0.1) is 6.58 Å². The van der Waals surface area contributed by atoms with Crippen molar-refractivity contribution in [3.05, 3.63) is 77.6 Å². The first-order chi connectivity index (χ1) is 12.6. The molecule has 4 nitrogen and oxygen atoms in total. The van der Waals surface area contributed by atoms with E-state index in [2.05, 4.69) is 33.7 Å². The maximum atomic E-state index is 6.02. The summed E-state index contributed by atoms with van der Waals surface area (Å²) in [6.45, 7) is 8.69. The van der Waals surface area contributed by atoms with Crippen molar-refractivity contribution in [1.82, 2.24) is 9.55 Å². The van der Waals surface area contributed by atoms with E-state index in [4.69, 9.17) is 14.5 Å². The lowest BCUT2D eigenvalue weighted by Crippen LogP contribution is -2.08. The number of fused-ring (bicyclic) bond motifs is 1. The minimum absolute atomic E-state index is 0.339. The van der Waals surface area contributed by atoms with Gasteiger partial charge in [-0.3, -0.25) is 0 Å². The lowest BCUT2D eigenvalue weighted by molar-refractivity contribution is 0.273. The number of rotatable bonds is 8. The summed E-state index contributed by atoms with van der Waals surface area (Å²) in [6, 6.07) is 13.9. The molecule has 0 aliphatic heterocycles. The van der Waals surface area contributed by atoms with E-state index in [0.717, 1.165) is 33.3 Å². The molecule has 2 aromatic carbocycles. The van der Waals surface area contributed by atoms with Gasteiger partial charge in [0.15, 0.2) is 11.5 Å². The molecule has 0 atom stereocenters. The zero-order chi connectivity index (χ0) is 18.5. The summed E-state index contributed by atoms with van der Waals surface area (Å²) in [5.41, 5.74) is 3.13. The zero-order valence-electron chi connectivity index (χ0n) is 14.7. The van der Waals surface area contributed by atoms with Crippen LogP contribution in [0.4, 0.5) is 0 Å². The average molecular weight is 413 g/mol. The lowest BCUT2D eigenvalue weighted by Gasteiger charge is -2.13. The van der Waals surface area contributed by atoms with Gasteiger partial charge in [0.2, 0.25) is 0 Å². The third-order valence-corrected chi connectivity index (χ3v) is 4.28. The van der Waals surface area contributed by atoms with Gasteiger partial charge in [0.05, 0.1) is 24.7 Å². The van der Waals surface area contributed by atoms with Crippen LogP contribution in [0.15, 0.2) is 66.2 Å². The predicted octanol–water partition coefficient (Wildman–Crippen LogP) is 5.26. The van der Waals surface area contributed by atoms with E-state index in [1.165, 1.54) is 0 Å². The Hall–Kier alpha value is -2.53. The summed E-state index contributed by atoms with van der Waals surface area (Å²) >= 11 is 3.45. The quantitative estimate of drug-likeness (QED) is 0.473. The molecule has 0 N–H and O–H groups in total. The van der Waals surface area contributed by atoms with Gasteiger partial charge in [0.25, 0.3) is 0 Å². The summed E-state index contributed by atoms with van der Waals surface area (Å²) in [5, 5.41) is 0. The van der Waals surface area contributed by atoms with Crippen molar-refractivity contribution in [1.29, 1.82) is 0 Å². The number of benzene rings is 2. The van der Waals surface area contributed by atoms with Crippen molar-refractivity contribution in [2.24, 2.45) is 0 Å². The Kier molecular flexibility index (Phi) is 5.78. The molecule has 134 valence electrons. The first kappa shape index (κ1) is 18.3. The number of methoxy groups -OCH3 is 1. The normalized spacial score (nSPS) is 10.7. The highest BCUT2D eigenvalue weighted by atomic mass is 79.9. The maximum Gasteiger partial charge on any atom is 0.161 e. The first-order valence-corrected chi connectivity index (χ1v) is 9.09. The summed E-state index contributed by atoms with van der Waals surface area (Å²) in [7, 11) is 1.64. The third kappa shape index (κ3) is 3.99. The van der Waals surface area contributed by atoms with Crippen molar-refractivity contribution in [2.45, 2.75) is 19.6 Å². The van der Waals surface area contributed by atoms with Crippen molar-refractivity contribution >= 4 is 27.0 Å². The minimum atomic E-state index is 0.339. The second-order valence-corrected chi connectivity index (χ2v) is 7.01. The standard InChI is InChI=1S/C21H21BrN2O2/c1-4-7-16-10-11-19(20(12-16)25-3)26-14-21-23-17-8-5-6-9-18(17)24(21)13-15(2)22/h4-6,8-12H,1-2,7,13-14H2,3H3. The number of hydrogen-bond acceptors (Lipinski definition) is 3. The van der Waals surface area contributed by atoms with E-state index in [-0.39, 0.29) is 0 Å². The second kappa shape index (κ2) is 8.23. The Labute approximate surface area is 161 Å². The van der Waals surface area contributed by atoms with Crippen LogP contribution >= 0.6 is 15.9 Å². The molecule has 5 heteroatoms. The van der Waals surface area contributed by atoms with E-state index < -0.39 is 0 Å². The van der Waals surface area contributed by atoms with Gasteiger partial charge in [-0.2, -0.15) is 0 Å². The number of ether oxygens (including phenoxy) is 2. The van der Waals surface area contributed by atoms with E-state index in [0.29, 0.717) is 24.7 Å². The van der Waals surface area contributed by atoms with Crippen molar-refractivity contribution in [3.63, 3.8) is 0 Å². The molecule has 0 fully saturated rings. The summed E-state index contributed by atoms with van der Waals surface area (Å²) in [5.74, 6) is 2.23. The number of aromatic nitrogens is 2. The molecule has 0 saturated carbocycles. The highest BCUT2D eigenvalue weighted by molar-refractivity contribution is 9.11. The summed E-state index contributed by atoms with van der Waals surface area (Å²) in [6.07, 6.45) is 2.66. The molecule has 26 heavy (non-hydrogen) atoms. The second-order valence-electron chi connectivity index (χ2n) is 5.89. The molecule has 0 saturated heterocycles. The van der Waals surface area contributed by atoms with Crippen LogP contribution in [-0.4, -0.2) is 16.7 Å². The van der Waals surface area contributed by atoms with E-state index >= 15 is 0 Å². The largest absolute Gasteiger partial charge is 0.493 e. The number of para-hydroxylation sites is 2. The molecular weight excluding hydrogens is 392 g/mol. The number of hydrogen-bond donors (Lipinski definition) is 0. The Balaban J connectivity index is 1.87. The molecule has 1 heterocycles. The molecule has 0 unspecified atom stereocenters. The number of nitrogens with zero attached hydrogens (tertiary/aromatic N) is 2. The molecule has 0 aliphatic carbocycles. The zero-order valence-corrected chi connectivity index (χ0v) is 16.3. The number of imidazole rings is 1. The van der Waals surface area contributed by atoms with Gasteiger partial charge in [-0.1, -0.05) is 46.8 Å². The van der Waals surface area contributed by atoms with Crippen LogP contribution in [-0.2, 0) is 19.6 Å². The molecule has 0 radical (unpaired) electrons. The van der Waals surface area contributed by atoms with Crippen LogP contribution < -0.4 is 9.47 Å². The van der Waals surface area contributed by atoms with Crippen LogP contribution in [0.5, 0.6) is 11.5 Å². The fourth-order valence-corrected chi connectivity index (χ4v) is 3.10. The molecular formula is C21H21BrN2O2. The Morgan fingerprint density at radius 2 is 2.04 bits per heavy atom. The Morgan fingerprint density at radius 1 is 1.23 bits per heavy atom. The predicted molar refractivity (Wildman–Crippen MR) is 109 cm³/mol. The highest BCUT2D eigenvalue weighted by Gasteiger charge is 2.13. The molecule has 0 spiro atoms. The van der Waals surface area contributed by atoms with E-state index in [1.54, 1.807) is 7.11 Å². The molecule has 0 aliphatic rings. The van der Waals surface area contributed by atoms with E-state index in [9.17, 15) is 0 Å². The highest BCUT2D eigenvalue weighted by Crippen LogP contribution is 2.29. The third-order valence-electron chi connectivity index (χ3n) is 4.03. The van der Waals surface area contributed by atoms with Crippen molar-refractivity contribution < 1.29 is 9.47 Å². The summed E-state index contributed by atoms with van der Waals surface area (Å²) in [4.78, 5) is 4.71. The molecule has 1 aromatic heterocycles.